The second-order valence-corrected chi connectivity index (χ2v) is 4.89. The maximum Gasteiger partial charge on any atom is 0.159 e. The number of ketones is 1. The summed E-state index contributed by atoms with van der Waals surface area (Å²) in [5.74, 6) is 0.138. The molecule has 0 atom stereocenters. The van der Waals surface area contributed by atoms with Crippen molar-refractivity contribution in [1.29, 1.82) is 0 Å². The van der Waals surface area contributed by atoms with Crippen LogP contribution >= 0.6 is 0 Å². The zero-order valence-electron chi connectivity index (χ0n) is 9.64. The second kappa shape index (κ2) is 3.60. The molecule has 1 aromatic rings. The van der Waals surface area contributed by atoms with Gasteiger partial charge in [-0.2, -0.15) is 0 Å². The van der Waals surface area contributed by atoms with Crippen LogP contribution in [0.1, 0.15) is 43.6 Å². The Bertz CT molecular complexity index is 361. The van der Waals surface area contributed by atoms with E-state index in [9.17, 15) is 4.79 Å². The minimum absolute atomic E-state index is 0.107. The Kier molecular flexibility index (Phi) is 2.84. The van der Waals surface area contributed by atoms with Crippen molar-refractivity contribution in [3.63, 3.8) is 0 Å². The van der Waals surface area contributed by atoms with Gasteiger partial charge in [0.25, 0.3) is 0 Å². The van der Waals surface area contributed by atoms with E-state index in [2.05, 4.69) is 26.8 Å². The van der Waals surface area contributed by atoms with Crippen LogP contribution in [0.15, 0.2) is 18.2 Å². The first-order valence-corrected chi connectivity index (χ1v) is 4.94. The average molecular weight is 188 g/mol. The van der Waals surface area contributed by atoms with Crippen LogP contribution in [0.3, 0.4) is 0 Å². The van der Waals surface area contributed by atoms with Crippen LogP contribution in [0, 0.1) is 0 Å². The molecule has 0 bridgehead atoms. The summed E-state index contributed by atoms with van der Waals surface area (Å²) < 4.78 is 0. The molecule has 0 fully saturated rings. The van der Waals surface area contributed by atoms with E-state index in [4.69, 9.17) is 0 Å². The van der Waals surface area contributed by atoms with Crippen molar-refractivity contribution in [3.8, 4) is 0 Å². The molecule has 14 heavy (non-hydrogen) atoms. The Morgan fingerprint density at radius 2 is 1.79 bits per heavy atom. The summed E-state index contributed by atoms with van der Waals surface area (Å²) >= 11 is 0. The van der Waals surface area contributed by atoms with Crippen molar-refractivity contribution in [2.75, 3.05) is 0 Å². The van der Waals surface area contributed by atoms with Crippen molar-refractivity contribution in [3.05, 3.63) is 29.3 Å². The lowest BCUT2D eigenvalue weighted by molar-refractivity contribution is 0.101. The molecule has 1 rings (SSSR count). The number of Topliss-reactive ketones (excluding diaryl/α,β-unsaturated/α-hetero) is 1. The quantitative estimate of drug-likeness (QED) is 0.481. The Morgan fingerprint density at radius 3 is 2.21 bits per heavy atom. The van der Waals surface area contributed by atoms with Crippen molar-refractivity contribution in [2.45, 2.75) is 33.1 Å². The monoisotopic (exact) mass is 188 g/mol. The molecule has 1 nitrogen and oxygen atoms in total. The van der Waals surface area contributed by atoms with Gasteiger partial charge in [-0.3, -0.25) is 4.79 Å². The molecule has 0 aromatic heterocycles. The van der Waals surface area contributed by atoms with Gasteiger partial charge in [0, 0.05) is 5.56 Å². The number of hydrogen-bond acceptors (Lipinski definition) is 1. The minimum Gasteiger partial charge on any atom is -0.295 e. The number of hydrogen-bond donors (Lipinski definition) is 0. The summed E-state index contributed by atoms with van der Waals surface area (Å²) in [6.07, 6.45) is 0. The molecule has 74 valence electrons. The number of carbonyl (C=O) groups is 1. The van der Waals surface area contributed by atoms with E-state index in [-0.39, 0.29) is 11.2 Å². The van der Waals surface area contributed by atoms with Crippen molar-refractivity contribution >= 4 is 19.1 Å². The van der Waals surface area contributed by atoms with Crippen molar-refractivity contribution < 1.29 is 4.79 Å². The SMILES string of the molecule is Bc1cc(C(C)=O)cc(C(C)(C)C)c1. The summed E-state index contributed by atoms with van der Waals surface area (Å²) in [6.45, 7) is 8.09. The molecular weight excluding hydrogens is 171 g/mol. The van der Waals surface area contributed by atoms with Gasteiger partial charge >= 0.3 is 0 Å². The molecule has 1 aromatic carbocycles. The molecule has 0 aliphatic heterocycles. The van der Waals surface area contributed by atoms with Crippen LogP contribution < -0.4 is 5.46 Å². The highest BCUT2D eigenvalue weighted by atomic mass is 16.1. The molecule has 0 unspecified atom stereocenters. The predicted octanol–water partition coefficient (Wildman–Crippen LogP) is 1.45. The molecule has 0 N–H and O–H groups in total. The van der Waals surface area contributed by atoms with Gasteiger partial charge in [-0.15, -0.1) is 0 Å². The van der Waals surface area contributed by atoms with Gasteiger partial charge in [0.15, 0.2) is 5.78 Å². The van der Waals surface area contributed by atoms with Gasteiger partial charge in [-0.1, -0.05) is 38.4 Å². The normalized spacial score (nSPS) is 11.4. The zero-order chi connectivity index (χ0) is 10.9. The molecule has 0 aliphatic rings. The van der Waals surface area contributed by atoms with Gasteiger partial charge in [0.1, 0.15) is 7.85 Å². The highest BCUT2D eigenvalue weighted by Crippen LogP contribution is 2.22. The van der Waals surface area contributed by atoms with Gasteiger partial charge in [0.05, 0.1) is 0 Å². The van der Waals surface area contributed by atoms with Gasteiger partial charge in [-0.05, 0) is 24.0 Å². The third-order valence-corrected chi connectivity index (χ3v) is 2.35. The van der Waals surface area contributed by atoms with E-state index in [0.717, 1.165) is 11.0 Å². The number of carbonyl (C=O) groups excluding carboxylic acids is 1. The molecule has 0 heterocycles. The second-order valence-electron chi connectivity index (χ2n) is 4.89. The number of benzene rings is 1. The Hall–Kier alpha value is -1.05. The standard InChI is InChI=1S/C12H17BO/c1-8(14)9-5-10(12(2,3)4)7-11(13)6-9/h5-7H,13H2,1-4H3. The third kappa shape index (κ3) is 2.47. The third-order valence-electron chi connectivity index (χ3n) is 2.35. The molecular formula is C12H17BO. The molecule has 0 amide bonds. The lowest BCUT2D eigenvalue weighted by Crippen LogP contribution is -2.17. The average Bonchev–Trinajstić information content (AvgIpc) is 2.01. The molecule has 0 saturated carbocycles. The summed E-state index contributed by atoms with van der Waals surface area (Å²) in [5, 5.41) is 0. The minimum atomic E-state index is 0.107. The first-order chi connectivity index (χ1) is 6.30. The van der Waals surface area contributed by atoms with Gasteiger partial charge < -0.3 is 0 Å². The van der Waals surface area contributed by atoms with Crippen LogP contribution in [-0.4, -0.2) is 13.6 Å². The molecule has 2 heteroatoms. The van der Waals surface area contributed by atoms with Crippen molar-refractivity contribution in [1.82, 2.24) is 0 Å². The van der Waals surface area contributed by atoms with Crippen LogP contribution in [0.25, 0.3) is 0 Å². The zero-order valence-corrected chi connectivity index (χ0v) is 9.64. The van der Waals surface area contributed by atoms with Crippen molar-refractivity contribution in [2.24, 2.45) is 0 Å². The summed E-state index contributed by atoms with van der Waals surface area (Å²) in [6, 6.07) is 6.08. The maximum absolute atomic E-state index is 11.3. The predicted molar refractivity (Wildman–Crippen MR) is 63.3 cm³/mol. The Balaban J connectivity index is 3.28. The lowest BCUT2D eigenvalue weighted by Gasteiger charge is -2.20. The molecule has 0 aliphatic carbocycles. The first-order valence-electron chi connectivity index (χ1n) is 4.94. The van der Waals surface area contributed by atoms with Gasteiger partial charge in [-0.25, -0.2) is 0 Å². The van der Waals surface area contributed by atoms with E-state index in [1.165, 1.54) is 5.56 Å². The topological polar surface area (TPSA) is 17.1 Å². The fraction of sp³-hybridized carbons (Fsp3) is 0.417. The van der Waals surface area contributed by atoms with Crippen LogP contribution in [0.5, 0.6) is 0 Å². The van der Waals surface area contributed by atoms with E-state index in [1.807, 2.05) is 20.0 Å². The first kappa shape index (κ1) is 11.0. The largest absolute Gasteiger partial charge is 0.295 e. The maximum atomic E-state index is 11.3. The fourth-order valence-corrected chi connectivity index (χ4v) is 1.42. The fourth-order valence-electron chi connectivity index (χ4n) is 1.42. The van der Waals surface area contributed by atoms with Crippen LogP contribution in [0.2, 0.25) is 0 Å². The van der Waals surface area contributed by atoms with E-state index in [0.29, 0.717) is 0 Å². The summed E-state index contributed by atoms with van der Waals surface area (Å²) in [4.78, 5) is 11.3. The van der Waals surface area contributed by atoms with E-state index in [1.54, 1.807) is 6.92 Å². The number of rotatable bonds is 1. The summed E-state index contributed by atoms with van der Waals surface area (Å²) in [5.41, 5.74) is 3.30. The highest BCUT2D eigenvalue weighted by Gasteiger charge is 2.15. The lowest BCUT2D eigenvalue weighted by atomic mass is 9.81. The molecule has 0 radical (unpaired) electrons. The van der Waals surface area contributed by atoms with Crippen LogP contribution in [0.4, 0.5) is 0 Å². The van der Waals surface area contributed by atoms with Gasteiger partial charge in [0.2, 0.25) is 0 Å². The Morgan fingerprint density at radius 1 is 1.21 bits per heavy atom. The highest BCUT2D eigenvalue weighted by molar-refractivity contribution is 6.32. The molecule has 0 spiro atoms. The Labute approximate surface area is 86.9 Å². The summed E-state index contributed by atoms with van der Waals surface area (Å²) in [7, 11) is 2.03. The van der Waals surface area contributed by atoms with Crippen LogP contribution in [-0.2, 0) is 5.41 Å². The smallest absolute Gasteiger partial charge is 0.159 e. The van der Waals surface area contributed by atoms with E-state index >= 15 is 0 Å². The molecule has 0 saturated heterocycles. The van der Waals surface area contributed by atoms with E-state index < -0.39 is 0 Å².